The summed E-state index contributed by atoms with van der Waals surface area (Å²) in [5.74, 6) is 0.244. The Morgan fingerprint density at radius 2 is 1.67 bits per heavy atom. The van der Waals surface area contributed by atoms with Crippen LogP contribution in [0, 0.1) is 11.3 Å². The molecule has 2 aromatic carbocycles. The number of ether oxygens (including phenoxy) is 1. The van der Waals surface area contributed by atoms with Crippen molar-refractivity contribution in [2.75, 3.05) is 14.1 Å². The van der Waals surface area contributed by atoms with Crippen LogP contribution < -0.4 is 0 Å². The molecule has 2 rings (SSSR count). The van der Waals surface area contributed by atoms with Crippen molar-refractivity contribution >= 4 is 17.5 Å². The number of hydrogen-bond donors (Lipinski definition) is 0. The lowest BCUT2D eigenvalue weighted by atomic mass is 10.0. The van der Waals surface area contributed by atoms with Gasteiger partial charge in [0, 0.05) is 31.6 Å². The van der Waals surface area contributed by atoms with Crippen molar-refractivity contribution in [1.29, 1.82) is 5.26 Å². The van der Waals surface area contributed by atoms with Crippen LogP contribution in [0.5, 0.6) is 0 Å². The Hall–Kier alpha value is -4.44. The smallest absolute Gasteiger partial charge is 0.410 e. The SMILES string of the molecule is C=C(/C=C\CC)OC(=O)N(C)N(C)/N=C(\C=C/C)CC(C#N)N=C(c1ccccc1)c1ccccc1. The third kappa shape index (κ3) is 8.73. The average molecular weight is 484 g/mol. The molecule has 0 aliphatic carbocycles. The average Bonchev–Trinajstić information content (AvgIpc) is 2.90. The molecule has 36 heavy (non-hydrogen) atoms. The van der Waals surface area contributed by atoms with Crippen LogP contribution in [0.4, 0.5) is 4.79 Å². The molecule has 0 aliphatic heterocycles. The van der Waals surface area contributed by atoms with Crippen LogP contribution >= 0.6 is 0 Å². The lowest BCUT2D eigenvalue weighted by molar-refractivity contribution is 0.0290. The predicted molar refractivity (Wildman–Crippen MR) is 145 cm³/mol. The highest BCUT2D eigenvalue weighted by molar-refractivity contribution is 6.13. The Morgan fingerprint density at radius 1 is 1.08 bits per heavy atom. The molecule has 0 radical (unpaired) electrons. The van der Waals surface area contributed by atoms with E-state index in [4.69, 9.17) is 9.73 Å². The van der Waals surface area contributed by atoms with Crippen molar-refractivity contribution < 1.29 is 9.53 Å². The van der Waals surface area contributed by atoms with E-state index in [0.29, 0.717) is 5.71 Å². The minimum absolute atomic E-state index is 0.244. The number of carbonyl (C=O) groups is 1. The van der Waals surface area contributed by atoms with Gasteiger partial charge in [-0.2, -0.15) is 10.4 Å². The van der Waals surface area contributed by atoms with E-state index in [1.165, 1.54) is 10.1 Å². The molecule has 0 saturated carbocycles. The number of benzene rings is 2. The first-order valence-corrected chi connectivity index (χ1v) is 11.7. The lowest BCUT2D eigenvalue weighted by Crippen LogP contribution is -2.38. The number of allylic oxidation sites excluding steroid dienone is 4. The number of amides is 1. The summed E-state index contributed by atoms with van der Waals surface area (Å²) in [4.78, 5) is 17.3. The molecule has 0 heterocycles. The molecule has 0 aromatic heterocycles. The van der Waals surface area contributed by atoms with Gasteiger partial charge in [0.05, 0.1) is 17.5 Å². The predicted octanol–water partition coefficient (Wildman–Crippen LogP) is 6.13. The third-order valence-corrected chi connectivity index (χ3v) is 5.02. The molecule has 1 amide bonds. The van der Waals surface area contributed by atoms with Crippen LogP contribution in [0.2, 0.25) is 0 Å². The number of nitriles is 1. The van der Waals surface area contributed by atoms with Gasteiger partial charge in [-0.05, 0) is 25.5 Å². The zero-order valence-corrected chi connectivity index (χ0v) is 21.3. The normalized spacial score (nSPS) is 12.1. The van der Waals surface area contributed by atoms with Gasteiger partial charge >= 0.3 is 6.09 Å². The molecule has 0 bridgehead atoms. The van der Waals surface area contributed by atoms with Crippen molar-refractivity contribution in [2.24, 2.45) is 10.1 Å². The van der Waals surface area contributed by atoms with Gasteiger partial charge in [-0.15, -0.1) is 0 Å². The number of nitrogens with zero attached hydrogens (tertiary/aromatic N) is 5. The van der Waals surface area contributed by atoms with Gasteiger partial charge in [-0.25, -0.2) is 14.9 Å². The van der Waals surface area contributed by atoms with Crippen molar-refractivity contribution in [3.05, 3.63) is 108 Å². The summed E-state index contributed by atoms with van der Waals surface area (Å²) in [7, 11) is 3.16. The van der Waals surface area contributed by atoms with Gasteiger partial charge in [0.1, 0.15) is 11.8 Å². The highest BCUT2D eigenvalue weighted by atomic mass is 16.6. The fourth-order valence-corrected chi connectivity index (χ4v) is 3.15. The number of hydrogen-bond acceptors (Lipinski definition) is 6. The molecule has 2 aromatic rings. The molecular weight excluding hydrogens is 450 g/mol. The third-order valence-electron chi connectivity index (χ3n) is 5.02. The second-order valence-corrected chi connectivity index (χ2v) is 7.81. The quantitative estimate of drug-likeness (QED) is 0.167. The minimum Gasteiger partial charge on any atom is -0.410 e. The van der Waals surface area contributed by atoms with E-state index < -0.39 is 12.1 Å². The Morgan fingerprint density at radius 3 is 2.17 bits per heavy atom. The standard InChI is InChI=1S/C29H33N5O2/c1-6-8-16-23(3)36-29(35)33(4)34(5)32-26(15-7-2)21-27(22-30)31-28(24-17-11-9-12-18-24)25-19-13-10-14-20-25/h7-20,27H,3,6,21H2,1-2,4-5H3/b15-7-,16-8-,32-26+. The molecule has 1 atom stereocenters. The zero-order valence-electron chi connectivity index (χ0n) is 21.3. The van der Waals surface area contributed by atoms with Crippen molar-refractivity contribution in [1.82, 2.24) is 10.1 Å². The van der Waals surface area contributed by atoms with Gasteiger partial charge in [-0.1, -0.05) is 86.3 Å². The molecule has 7 nitrogen and oxygen atoms in total. The van der Waals surface area contributed by atoms with Crippen LogP contribution in [-0.4, -0.2) is 47.8 Å². The van der Waals surface area contributed by atoms with Gasteiger partial charge in [0.15, 0.2) is 0 Å². The van der Waals surface area contributed by atoms with E-state index in [2.05, 4.69) is 17.7 Å². The van der Waals surface area contributed by atoms with Crippen molar-refractivity contribution in [3.63, 3.8) is 0 Å². The summed E-state index contributed by atoms with van der Waals surface area (Å²) < 4.78 is 5.23. The Kier molecular flexibility index (Phi) is 11.4. The van der Waals surface area contributed by atoms with E-state index in [1.54, 1.807) is 26.2 Å². The fourth-order valence-electron chi connectivity index (χ4n) is 3.15. The zero-order chi connectivity index (χ0) is 26.3. The van der Waals surface area contributed by atoms with Crippen LogP contribution in [0.1, 0.15) is 37.8 Å². The number of rotatable bonds is 11. The van der Waals surface area contributed by atoms with Crippen LogP contribution in [0.25, 0.3) is 0 Å². The maximum Gasteiger partial charge on any atom is 0.435 e. The topological polar surface area (TPSA) is 81.3 Å². The Bertz CT molecular complexity index is 1120. The van der Waals surface area contributed by atoms with E-state index in [9.17, 15) is 10.1 Å². The maximum atomic E-state index is 12.4. The highest BCUT2D eigenvalue weighted by Gasteiger charge is 2.17. The molecule has 0 spiro atoms. The minimum atomic E-state index is -0.694. The van der Waals surface area contributed by atoms with Gasteiger partial charge in [0.25, 0.3) is 0 Å². The number of hydrazine groups is 1. The van der Waals surface area contributed by atoms with Crippen molar-refractivity contribution in [2.45, 2.75) is 32.7 Å². The van der Waals surface area contributed by atoms with Crippen LogP contribution in [-0.2, 0) is 4.74 Å². The summed E-state index contributed by atoms with van der Waals surface area (Å²) in [5.41, 5.74) is 3.16. The first kappa shape index (κ1) is 27.8. The molecule has 7 heteroatoms. The summed E-state index contributed by atoms with van der Waals surface area (Å²) in [6, 6.07) is 21.1. The van der Waals surface area contributed by atoms with E-state index in [-0.39, 0.29) is 12.2 Å². The number of carbonyl (C=O) groups excluding carboxylic acids is 1. The molecular formula is C29H33N5O2. The first-order valence-electron chi connectivity index (χ1n) is 11.7. The molecule has 0 saturated heterocycles. The first-order chi connectivity index (χ1) is 17.4. The summed E-state index contributed by atoms with van der Waals surface area (Å²) in [6.45, 7) is 7.56. The van der Waals surface area contributed by atoms with E-state index >= 15 is 0 Å². The monoisotopic (exact) mass is 483 g/mol. The lowest BCUT2D eigenvalue weighted by Gasteiger charge is -2.25. The Labute approximate surface area is 214 Å². The molecule has 0 fully saturated rings. The Balaban J connectivity index is 2.28. The molecule has 0 aliphatic rings. The van der Waals surface area contributed by atoms with Gasteiger partial charge in [-0.3, -0.25) is 4.99 Å². The van der Waals surface area contributed by atoms with E-state index in [0.717, 1.165) is 23.3 Å². The van der Waals surface area contributed by atoms with Crippen LogP contribution in [0.15, 0.2) is 107 Å². The summed E-state index contributed by atoms with van der Waals surface area (Å²) >= 11 is 0. The number of aliphatic imine (C=N–C) groups is 1. The highest BCUT2D eigenvalue weighted by Crippen LogP contribution is 2.14. The molecule has 186 valence electrons. The summed E-state index contributed by atoms with van der Waals surface area (Å²) in [5, 5.41) is 17.0. The summed E-state index contributed by atoms with van der Waals surface area (Å²) in [6.07, 6.45) is 7.55. The van der Waals surface area contributed by atoms with Gasteiger partial charge < -0.3 is 4.74 Å². The molecule has 1 unspecified atom stereocenters. The maximum absolute atomic E-state index is 12.4. The molecule has 0 N–H and O–H groups in total. The second-order valence-electron chi connectivity index (χ2n) is 7.81. The fraction of sp³-hybridized carbons (Fsp3) is 0.241. The van der Waals surface area contributed by atoms with Crippen molar-refractivity contribution in [3.8, 4) is 6.07 Å². The van der Waals surface area contributed by atoms with Gasteiger partial charge in [0.2, 0.25) is 0 Å². The largest absolute Gasteiger partial charge is 0.435 e. The van der Waals surface area contributed by atoms with Crippen LogP contribution in [0.3, 0.4) is 0 Å². The number of hydrazone groups is 1. The second kappa shape index (κ2) is 14.7. The van der Waals surface area contributed by atoms with E-state index in [1.807, 2.05) is 86.7 Å².